The summed E-state index contributed by atoms with van der Waals surface area (Å²) in [6.45, 7) is 4.19. The van der Waals surface area contributed by atoms with E-state index in [0.717, 1.165) is 19.3 Å². The van der Waals surface area contributed by atoms with E-state index >= 15 is 0 Å². The van der Waals surface area contributed by atoms with E-state index in [-0.39, 0.29) is 11.8 Å². The highest BCUT2D eigenvalue weighted by molar-refractivity contribution is 5.97. The highest BCUT2D eigenvalue weighted by Crippen LogP contribution is 2.25. The second kappa shape index (κ2) is 8.19. The highest BCUT2D eigenvalue weighted by atomic mass is 16.5. The average Bonchev–Trinajstić information content (AvgIpc) is 2.42. The fourth-order valence-electron chi connectivity index (χ4n) is 1.82. The van der Waals surface area contributed by atoms with Crippen LogP contribution in [0.15, 0.2) is 18.2 Å². The standard InChI is InChI=1S/C15H22N2O3/c1-4-5-6-9-16-15(19)12-7-8-14(20-3)13(10-12)17-11(2)18/h7-8,10H,4-6,9H2,1-3H3,(H,16,19)(H,17,18). The van der Waals surface area contributed by atoms with Crippen LogP contribution >= 0.6 is 0 Å². The zero-order valence-corrected chi connectivity index (χ0v) is 12.3. The van der Waals surface area contributed by atoms with Crippen LogP contribution in [-0.4, -0.2) is 25.5 Å². The van der Waals surface area contributed by atoms with Crippen LogP contribution < -0.4 is 15.4 Å². The molecule has 1 aromatic rings. The number of methoxy groups -OCH3 is 1. The van der Waals surface area contributed by atoms with Gasteiger partial charge in [0.2, 0.25) is 5.91 Å². The summed E-state index contributed by atoms with van der Waals surface area (Å²) in [6, 6.07) is 4.97. The lowest BCUT2D eigenvalue weighted by Crippen LogP contribution is -2.24. The number of amides is 2. The fourth-order valence-corrected chi connectivity index (χ4v) is 1.82. The zero-order chi connectivity index (χ0) is 15.0. The van der Waals surface area contributed by atoms with E-state index in [0.29, 0.717) is 23.5 Å². The maximum Gasteiger partial charge on any atom is 0.251 e. The summed E-state index contributed by atoms with van der Waals surface area (Å²) in [5.41, 5.74) is 1.01. The number of unbranched alkanes of at least 4 members (excludes halogenated alkanes) is 2. The molecule has 0 saturated carbocycles. The molecule has 1 aromatic carbocycles. The molecule has 0 aliphatic heterocycles. The third-order valence-electron chi connectivity index (χ3n) is 2.84. The number of ether oxygens (including phenoxy) is 1. The van der Waals surface area contributed by atoms with E-state index in [9.17, 15) is 9.59 Å². The van der Waals surface area contributed by atoms with Crippen LogP contribution in [0.3, 0.4) is 0 Å². The molecule has 1 rings (SSSR count). The minimum absolute atomic E-state index is 0.143. The fraction of sp³-hybridized carbons (Fsp3) is 0.467. The average molecular weight is 278 g/mol. The third-order valence-corrected chi connectivity index (χ3v) is 2.84. The van der Waals surface area contributed by atoms with Gasteiger partial charge in [-0.3, -0.25) is 9.59 Å². The zero-order valence-electron chi connectivity index (χ0n) is 12.3. The van der Waals surface area contributed by atoms with Gasteiger partial charge >= 0.3 is 0 Å². The van der Waals surface area contributed by atoms with Crippen LogP contribution in [0, 0.1) is 0 Å². The lowest BCUT2D eigenvalue weighted by molar-refractivity contribution is -0.114. The van der Waals surface area contributed by atoms with Crippen LogP contribution in [0.4, 0.5) is 5.69 Å². The Morgan fingerprint density at radius 1 is 1.25 bits per heavy atom. The summed E-state index contributed by atoms with van der Waals surface area (Å²) in [4.78, 5) is 23.1. The van der Waals surface area contributed by atoms with Gasteiger partial charge in [-0.05, 0) is 24.6 Å². The summed E-state index contributed by atoms with van der Waals surface area (Å²) in [5.74, 6) is 0.182. The summed E-state index contributed by atoms with van der Waals surface area (Å²) in [6.07, 6.45) is 3.18. The van der Waals surface area contributed by atoms with E-state index in [1.165, 1.54) is 14.0 Å². The summed E-state index contributed by atoms with van der Waals surface area (Å²) >= 11 is 0. The topological polar surface area (TPSA) is 67.4 Å². The quantitative estimate of drug-likeness (QED) is 0.753. The second-order valence-electron chi connectivity index (χ2n) is 4.56. The molecule has 0 heterocycles. The molecule has 2 amide bonds. The predicted molar refractivity (Wildman–Crippen MR) is 79.2 cm³/mol. The number of carbonyl (C=O) groups excluding carboxylic acids is 2. The Bertz CT molecular complexity index is 472. The molecule has 0 aliphatic rings. The van der Waals surface area contributed by atoms with Gasteiger partial charge in [0.1, 0.15) is 5.75 Å². The first-order chi connectivity index (χ1) is 9.58. The Kier molecular flexibility index (Phi) is 6.56. The van der Waals surface area contributed by atoms with Gasteiger partial charge in [-0.1, -0.05) is 19.8 Å². The summed E-state index contributed by atoms with van der Waals surface area (Å²) in [5, 5.41) is 5.51. The van der Waals surface area contributed by atoms with Crippen molar-refractivity contribution in [1.82, 2.24) is 5.32 Å². The van der Waals surface area contributed by atoms with Crippen molar-refractivity contribution in [1.29, 1.82) is 0 Å². The van der Waals surface area contributed by atoms with Crippen molar-refractivity contribution in [2.45, 2.75) is 33.1 Å². The van der Waals surface area contributed by atoms with Gasteiger partial charge in [-0.25, -0.2) is 0 Å². The first-order valence-electron chi connectivity index (χ1n) is 6.82. The SMILES string of the molecule is CCCCCNC(=O)c1ccc(OC)c(NC(C)=O)c1. The highest BCUT2D eigenvalue weighted by Gasteiger charge is 2.10. The van der Waals surface area contributed by atoms with Crippen LogP contribution in [0.1, 0.15) is 43.5 Å². The number of hydrogen-bond donors (Lipinski definition) is 2. The number of benzene rings is 1. The summed E-state index contributed by atoms with van der Waals surface area (Å²) < 4.78 is 5.15. The molecule has 0 saturated heterocycles. The van der Waals surface area contributed by atoms with E-state index in [4.69, 9.17) is 4.74 Å². The van der Waals surface area contributed by atoms with Crippen LogP contribution in [0.25, 0.3) is 0 Å². The molecule has 0 bridgehead atoms. The van der Waals surface area contributed by atoms with Gasteiger partial charge in [-0.15, -0.1) is 0 Å². The van der Waals surface area contributed by atoms with Gasteiger partial charge < -0.3 is 15.4 Å². The van der Waals surface area contributed by atoms with E-state index in [1.54, 1.807) is 18.2 Å². The van der Waals surface area contributed by atoms with E-state index in [1.807, 2.05) is 0 Å². The molecule has 5 heteroatoms. The van der Waals surface area contributed by atoms with Crippen molar-refractivity contribution in [3.63, 3.8) is 0 Å². The maximum atomic E-state index is 12.0. The van der Waals surface area contributed by atoms with Crippen LogP contribution in [0.5, 0.6) is 5.75 Å². The molecular formula is C15H22N2O3. The minimum Gasteiger partial charge on any atom is -0.495 e. The number of anilines is 1. The van der Waals surface area contributed by atoms with E-state index in [2.05, 4.69) is 17.6 Å². The lowest BCUT2D eigenvalue weighted by atomic mass is 10.1. The third kappa shape index (κ3) is 4.91. The van der Waals surface area contributed by atoms with Crippen molar-refractivity contribution in [2.75, 3.05) is 19.0 Å². The normalized spacial score (nSPS) is 9.95. The van der Waals surface area contributed by atoms with Gasteiger partial charge in [0, 0.05) is 19.0 Å². The largest absolute Gasteiger partial charge is 0.495 e. The van der Waals surface area contributed by atoms with Gasteiger partial charge in [0.25, 0.3) is 5.91 Å². The second-order valence-corrected chi connectivity index (χ2v) is 4.56. The van der Waals surface area contributed by atoms with Crippen LogP contribution in [-0.2, 0) is 4.79 Å². The van der Waals surface area contributed by atoms with E-state index < -0.39 is 0 Å². The Balaban J connectivity index is 2.74. The number of nitrogens with one attached hydrogen (secondary N) is 2. The summed E-state index contributed by atoms with van der Waals surface area (Å²) in [7, 11) is 1.52. The minimum atomic E-state index is -0.205. The molecule has 0 radical (unpaired) electrons. The molecule has 0 unspecified atom stereocenters. The molecule has 5 nitrogen and oxygen atoms in total. The Hall–Kier alpha value is -2.04. The molecule has 110 valence electrons. The Morgan fingerprint density at radius 2 is 2.00 bits per heavy atom. The first kappa shape index (κ1) is 16.0. The Morgan fingerprint density at radius 3 is 2.60 bits per heavy atom. The smallest absolute Gasteiger partial charge is 0.251 e. The van der Waals surface area contributed by atoms with Crippen molar-refractivity contribution >= 4 is 17.5 Å². The number of carbonyl (C=O) groups is 2. The van der Waals surface area contributed by atoms with Crippen molar-refractivity contribution in [3.05, 3.63) is 23.8 Å². The maximum absolute atomic E-state index is 12.0. The molecule has 0 aromatic heterocycles. The number of rotatable bonds is 7. The molecule has 2 N–H and O–H groups in total. The predicted octanol–water partition coefficient (Wildman–Crippen LogP) is 2.57. The molecule has 0 atom stereocenters. The lowest BCUT2D eigenvalue weighted by Gasteiger charge is -2.11. The van der Waals surface area contributed by atoms with Crippen LogP contribution in [0.2, 0.25) is 0 Å². The number of hydrogen-bond acceptors (Lipinski definition) is 3. The molecule has 0 spiro atoms. The molecule has 0 aliphatic carbocycles. The molecule has 0 fully saturated rings. The van der Waals surface area contributed by atoms with Crippen molar-refractivity contribution in [2.24, 2.45) is 0 Å². The first-order valence-corrected chi connectivity index (χ1v) is 6.82. The Labute approximate surface area is 119 Å². The molecular weight excluding hydrogens is 256 g/mol. The van der Waals surface area contributed by atoms with Gasteiger partial charge in [0.05, 0.1) is 12.8 Å². The molecule has 20 heavy (non-hydrogen) atoms. The van der Waals surface area contributed by atoms with Gasteiger partial charge in [0.15, 0.2) is 0 Å². The van der Waals surface area contributed by atoms with Crippen molar-refractivity contribution < 1.29 is 14.3 Å². The van der Waals surface area contributed by atoms with Gasteiger partial charge in [-0.2, -0.15) is 0 Å². The monoisotopic (exact) mass is 278 g/mol. The van der Waals surface area contributed by atoms with Crippen molar-refractivity contribution in [3.8, 4) is 5.75 Å².